The third-order valence-electron chi connectivity index (χ3n) is 2.07. The van der Waals surface area contributed by atoms with Crippen LogP contribution in [0.15, 0.2) is 18.2 Å². The van der Waals surface area contributed by atoms with E-state index in [9.17, 15) is 9.18 Å². The molecule has 0 amide bonds. The van der Waals surface area contributed by atoms with E-state index in [2.05, 4.69) is 0 Å². The van der Waals surface area contributed by atoms with Crippen LogP contribution in [0.25, 0.3) is 0 Å². The van der Waals surface area contributed by atoms with Crippen LogP contribution in [0.2, 0.25) is 0 Å². The van der Waals surface area contributed by atoms with Crippen LogP contribution >= 0.6 is 0 Å². The normalized spacial score (nSPS) is 11.0. The van der Waals surface area contributed by atoms with Crippen molar-refractivity contribution in [2.24, 2.45) is 0 Å². The highest BCUT2D eigenvalue weighted by Crippen LogP contribution is 2.18. The molecule has 0 bridgehead atoms. The second-order valence-corrected chi connectivity index (χ2v) is 4.47. The number of carbonyl (C=O) groups excluding carboxylic acids is 1. The van der Waals surface area contributed by atoms with Gasteiger partial charge < -0.3 is 9.64 Å². The van der Waals surface area contributed by atoms with E-state index in [1.54, 1.807) is 25.1 Å². The Kier molecular flexibility index (Phi) is 4.63. The summed E-state index contributed by atoms with van der Waals surface area (Å²) in [5.74, 6) is -0.322. The zero-order valence-corrected chi connectivity index (χ0v) is 10.7. The smallest absolute Gasteiger partial charge is 0.179 e. The Balaban J connectivity index is 2.86. The third kappa shape index (κ3) is 4.15. The first kappa shape index (κ1) is 13.6. The van der Waals surface area contributed by atoms with Crippen LogP contribution in [0.3, 0.4) is 0 Å². The molecule has 1 rings (SSSR count). The highest BCUT2D eigenvalue weighted by molar-refractivity contribution is 5.97. The Hall–Kier alpha value is -1.42. The van der Waals surface area contributed by atoms with Crippen molar-refractivity contribution in [1.82, 2.24) is 4.90 Å². The molecule has 0 aliphatic rings. The van der Waals surface area contributed by atoms with Gasteiger partial charge in [-0.05, 0) is 40.1 Å². The average Bonchev–Trinajstić information content (AvgIpc) is 2.14. The first-order valence-corrected chi connectivity index (χ1v) is 5.54. The fraction of sp³-hybridized carbons (Fsp3) is 0.462. The predicted molar refractivity (Wildman–Crippen MR) is 65.0 cm³/mol. The van der Waals surface area contributed by atoms with E-state index < -0.39 is 5.82 Å². The third-order valence-corrected chi connectivity index (χ3v) is 2.07. The van der Waals surface area contributed by atoms with Crippen LogP contribution in [0.4, 0.5) is 4.39 Å². The molecule has 0 N–H and O–H groups in total. The maximum atomic E-state index is 13.7. The molecular formula is C13H18FNO2. The molecule has 0 saturated carbocycles. The maximum Gasteiger partial charge on any atom is 0.179 e. The molecule has 17 heavy (non-hydrogen) atoms. The molecule has 0 aliphatic heterocycles. The van der Waals surface area contributed by atoms with Gasteiger partial charge >= 0.3 is 0 Å². The Morgan fingerprint density at radius 3 is 2.53 bits per heavy atom. The van der Waals surface area contributed by atoms with Gasteiger partial charge in [-0.3, -0.25) is 4.79 Å². The SMILES string of the molecule is CC(C)Oc1ccc(C(=O)CN(C)C)c(F)c1. The molecule has 1 aromatic rings. The fourth-order valence-corrected chi connectivity index (χ4v) is 1.44. The molecule has 0 radical (unpaired) electrons. The van der Waals surface area contributed by atoms with Gasteiger partial charge in [0.1, 0.15) is 11.6 Å². The van der Waals surface area contributed by atoms with E-state index in [0.717, 1.165) is 0 Å². The first-order chi connectivity index (χ1) is 7.90. The van der Waals surface area contributed by atoms with E-state index in [1.807, 2.05) is 13.8 Å². The second kappa shape index (κ2) is 5.77. The molecule has 94 valence electrons. The minimum Gasteiger partial charge on any atom is -0.491 e. The summed E-state index contributed by atoms with van der Waals surface area (Å²) in [6.07, 6.45) is -0.0160. The van der Waals surface area contributed by atoms with Crippen molar-refractivity contribution in [2.75, 3.05) is 20.6 Å². The van der Waals surface area contributed by atoms with E-state index in [1.165, 1.54) is 12.1 Å². The fourth-order valence-electron chi connectivity index (χ4n) is 1.44. The van der Waals surface area contributed by atoms with Crippen molar-refractivity contribution in [3.8, 4) is 5.75 Å². The van der Waals surface area contributed by atoms with Gasteiger partial charge in [-0.2, -0.15) is 0 Å². The Morgan fingerprint density at radius 2 is 2.06 bits per heavy atom. The van der Waals surface area contributed by atoms with Crippen molar-refractivity contribution in [3.05, 3.63) is 29.6 Å². The standard InChI is InChI=1S/C13H18FNO2/c1-9(2)17-10-5-6-11(12(14)7-10)13(16)8-15(3)4/h5-7,9H,8H2,1-4H3. The zero-order valence-electron chi connectivity index (χ0n) is 10.7. The van der Waals surface area contributed by atoms with Crippen molar-refractivity contribution in [2.45, 2.75) is 20.0 Å². The highest BCUT2D eigenvalue weighted by Gasteiger charge is 2.13. The number of Topliss-reactive ketones (excluding diaryl/α,β-unsaturated/α-hetero) is 1. The quantitative estimate of drug-likeness (QED) is 0.739. The van der Waals surface area contributed by atoms with Crippen LogP contribution in [0.1, 0.15) is 24.2 Å². The lowest BCUT2D eigenvalue weighted by molar-refractivity contribution is 0.0954. The molecule has 0 atom stereocenters. The average molecular weight is 239 g/mol. The van der Waals surface area contributed by atoms with E-state index in [0.29, 0.717) is 5.75 Å². The Bertz CT molecular complexity index is 402. The first-order valence-electron chi connectivity index (χ1n) is 5.54. The van der Waals surface area contributed by atoms with Gasteiger partial charge in [0.25, 0.3) is 0 Å². The topological polar surface area (TPSA) is 29.5 Å². The Labute approximate surface area is 101 Å². The van der Waals surface area contributed by atoms with Crippen LogP contribution in [-0.4, -0.2) is 37.4 Å². The van der Waals surface area contributed by atoms with Crippen molar-refractivity contribution in [3.63, 3.8) is 0 Å². The minimum absolute atomic E-state index is 0.0160. The van der Waals surface area contributed by atoms with Crippen molar-refractivity contribution in [1.29, 1.82) is 0 Å². The van der Waals surface area contributed by atoms with Crippen LogP contribution in [-0.2, 0) is 0 Å². The number of likely N-dealkylation sites (N-methyl/N-ethyl adjacent to an activating group) is 1. The van der Waals surface area contributed by atoms with Gasteiger partial charge in [-0.1, -0.05) is 0 Å². The summed E-state index contributed by atoms with van der Waals surface area (Å²) in [5, 5.41) is 0. The number of nitrogens with zero attached hydrogens (tertiary/aromatic N) is 1. The molecule has 0 unspecified atom stereocenters. The number of rotatable bonds is 5. The van der Waals surface area contributed by atoms with Gasteiger partial charge in [-0.15, -0.1) is 0 Å². The Morgan fingerprint density at radius 1 is 1.41 bits per heavy atom. The second-order valence-electron chi connectivity index (χ2n) is 4.47. The van der Waals surface area contributed by atoms with Crippen molar-refractivity contribution < 1.29 is 13.9 Å². The molecular weight excluding hydrogens is 221 g/mol. The monoisotopic (exact) mass is 239 g/mol. The number of benzene rings is 1. The molecule has 3 nitrogen and oxygen atoms in total. The zero-order chi connectivity index (χ0) is 13.0. The lowest BCUT2D eigenvalue weighted by atomic mass is 10.1. The van der Waals surface area contributed by atoms with Crippen LogP contribution in [0, 0.1) is 5.82 Å². The summed E-state index contributed by atoms with van der Waals surface area (Å²) in [5.41, 5.74) is 0.106. The van der Waals surface area contributed by atoms with Crippen LogP contribution in [0.5, 0.6) is 5.75 Å². The lowest BCUT2D eigenvalue weighted by Crippen LogP contribution is -2.22. The number of hydrogen-bond donors (Lipinski definition) is 0. The minimum atomic E-state index is -0.532. The molecule has 0 saturated heterocycles. The summed E-state index contributed by atoms with van der Waals surface area (Å²) in [4.78, 5) is 13.4. The predicted octanol–water partition coefficient (Wildman–Crippen LogP) is 2.36. The number of ether oxygens (including phenoxy) is 1. The van der Waals surface area contributed by atoms with E-state index >= 15 is 0 Å². The molecule has 0 heterocycles. The summed E-state index contributed by atoms with van der Waals surface area (Å²) >= 11 is 0. The molecule has 0 spiro atoms. The molecule has 1 aromatic carbocycles. The summed E-state index contributed by atoms with van der Waals surface area (Å²) in [7, 11) is 3.54. The van der Waals surface area contributed by atoms with E-state index in [-0.39, 0.29) is 24.0 Å². The molecule has 4 heteroatoms. The largest absolute Gasteiger partial charge is 0.491 e. The van der Waals surface area contributed by atoms with Gasteiger partial charge in [0, 0.05) is 6.07 Å². The maximum absolute atomic E-state index is 13.7. The number of halogens is 1. The summed E-state index contributed by atoms with van der Waals surface area (Å²) in [6.45, 7) is 3.92. The summed E-state index contributed by atoms with van der Waals surface area (Å²) < 4.78 is 19.0. The van der Waals surface area contributed by atoms with Gasteiger partial charge in [-0.25, -0.2) is 4.39 Å². The van der Waals surface area contributed by atoms with Gasteiger partial charge in [0.2, 0.25) is 0 Å². The lowest BCUT2D eigenvalue weighted by Gasteiger charge is -2.12. The van der Waals surface area contributed by atoms with Crippen LogP contribution < -0.4 is 4.74 Å². The molecule has 0 aromatic heterocycles. The number of ketones is 1. The van der Waals surface area contributed by atoms with Gasteiger partial charge in [0.05, 0.1) is 18.2 Å². The van der Waals surface area contributed by atoms with Gasteiger partial charge in [0.15, 0.2) is 5.78 Å². The molecule has 0 aliphatic carbocycles. The number of hydrogen-bond acceptors (Lipinski definition) is 3. The van der Waals surface area contributed by atoms with E-state index in [4.69, 9.17) is 4.74 Å². The highest BCUT2D eigenvalue weighted by atomic mass is 19.1. The van der Waals surface area contributed by atoms with Crippen molar-refractivity contribution >= 4 is 5.78 Å². The summed E-state index contributed by atoms with van der Waals surface area (Å²) in [6, 6.07) is 4.34. The number of carbonyl (C=O) groups is 1. The molecule has 0 fully saturated rings.